The fourth-order valence-electron chi connectivity index (χ4n) is 1.52. The first-order valence-electron chi connectivity index (χ1n) is 5.20. The van der Waals surface area contributed by atoms with Gasteiger partial charge in [0.05, 0.1) is 18.7 Å². The summed E-state index contributed by atoms with van der Waals surface area (Å²) in [6.45, 7) is 3.55. The quantitative estimate of drug-likeness (QED) is 0.758. The third-order valence-electron chi connectivity index (χ3n) is 2.46. The number of phenols is 1. The number of aromatic hydroxyl groups is 1. The van der Waals surface area contributed by atoms with Crippen LogP contribution >= 0.6 is 0 Å². The minimum absolute atomic E-state index is 0.0867. The van der Waals surface area contributed by atoms with E-state index in [-0.39, 0.29) is 17.1 Å². The first-order chi connectivity index (χ1) is 7.51. The molecule has 1 aromatic rings. The molecule has 0 aromatic heterocycles. The van der Waals surface area contributed by atoms with E-state index in [1.165, 1.54) is 13.2 Å². The molecular weight excluding hydrogens is 206 g/mol. The number of carbonyl (C=O) groups excluding carboxylic acids is 1. The molecule has 0 amide bonds. The number of carbonyl (C=O) groups is 1. The zero-order chi connectivity index (χ0) is 12.3. The summed E-state index contributed by atoms with van der Waals surface area (Å²) in [4.78, 5) is 11.7. The highest BCUT2D eigenvalue weighted by atomic mass is 16.5. The van der Waals surface area contributed by atoms with Crippen LogP contribution in [0.15, 0.2) is 12.1 Å². The molecule has 0 aliphatic rings. The van der Waals surface area contributed by atoms with Crippen molar-refractivity contribution < 1.29 is 14.6 Å². The van der Waals surface area contributed by atoms with E-state index in [1.54, 1.807) is 13.0 Å². The summed E-state index contributed by atoms with van der Waals surface area (Å²) < 4.78 is 5.11. The minimum atomic E-state index is -0.621. The van der Waals surface area contributed by atoms with Crippen molar-refractivity contribution in [3.8, 4) is 11.5 Å². The van der Waals surface area contributed by atoms with Gasteiger partial charge in [0.1, 0.15) is 11.5 Å². The fraction of sp³-hybridized carbons (Fsp3) is 0.417. The molecule has 3 N–H and O–H groups in total. The van der Waals surface area contributed by atoms with Crippen molar-refractivity contribution in [3.05, 3.63) is 23.3 Å². The average Bonchev–Trinajstić information content (AvgIpc) is 2.27. The van der Waals surface area contributed by atoms with Crippen LogP contribution in [0, 0.1) is 0 Å². The van der Waals surface area contributed by atoms with E-state index in [0.717, 1.165) is 12.0 Å². The van der Waals surface area contributed by atoms with Crippen molar-refractivity contribution in [2.75, 3.05) is 7.11 Å². The SMILES string of the molecule is CCc1cc(C(=O)C(C)N)c(O)cc1OC. The lowest BCUT2D eigenvalue weighted by Crippen LogP contribution is -2.26. The van der Waals surface area contributed by atoms with E-state index < -0.39 is 6.04 Å². The van der Waals surface area contributed by atoms with Crippen molar-refractivity contribution in [1.29, 1.82) is 0 Å². The predicted molar refractivity (Wildman–Crippen MR) is 62.0 cm³/mol. The summed E-state index contributed by atoms with van der Waals surface area (Å²) in [5, 5.41) is 9.71. The number of hydrogen-bond donors (Lipinski definition) is 2. The number of benzene rings is 1. The number of aryl methyl sites for hydroxylation is 1. The first-order valence-corrected chi connectivity index (χ1v) is 5.20. The third kappa shape index (κ3) is 2.33. The maximum atomic E-state index is 11.7. The van der Waals surface area contributed by atoms with Gasteiger partial charge in [0, 0.05) is 6.07 Å². The summed E-state index contributed by atoms with van der Waals surface area (Å²) >= 11 is 0. The Labute approximate surface area is 95.0 Å². The minimum Gasteiger partial charge on any atom is -0.507 e. The molecule has 0 heterocycles. The Kier molecular flexibility index (Phi) is 3.90. The predicted octanol–water partition coefficient (Wildman–Crippen LogP) is 1.49. The molecule has 1 atom stereocenters. The lowest BCUT2D eigenvalue weighted by atomic mass is 10.0. The Balaban J connectivity index is 3.26. The molecule has 0 saturated heterocycles. The summed E-state index contributed by atoms with van der Waals surface area (Å²) in [6.07, 6.45) is 0.725. The molecule has 0 saturated carbocycles. The first kappa shape index (κ1) is 12.5. The molecule has 1 rings (SSSR count). The van der Waals surface area contributed by atoms with Gasteiger partial charge in [0.2, 0.25) is 0 Å². The molecule has 1 unspecified atom stereocenters. The number of nitrogens with two attached hydrogens (primary N) is 1. The van der Waals surface area contributed by atoms with Crippen molar-refractivity contribution >= 4 is 5.78 Å². The van der Waals surface area contributed by atoms with Gasteiger partial charge >= 0.3 is 0 Å². The van der Waals surface area contributed by atoms with Crippen LogP contribution in [-0.2, 0) is 6.42 Å². The molecular formula is C12H17NO3. The highest BCUT2D eigenvalue weighted by Crippen LogP contribution is 2.29. The van der Waals surface area contributed by atoms with Crippen molar-refractivity contribution in [3.63, 3.8) is 0 Å². The second kappa shape index (κ2) is 4.99. The van der Waals surface area contributed by atoms with E-state index in [4.69, 9.17) is 10.5 Å². The summed E-state index contributed by atoms with van der Waals surface area (Å²) in [5.74, 6) is 0.229. The largest absolute Gasteiger partial charge is 0.507 e. The standard InChI is InChI=1S/C12H17NO3/c1-4-8-5-9(12(15)7(2)13)10(14)6-11(8)16-3/h5-7,14H,4,13H2,1-3H3. The molecule has 0 aliphatic heterocycles. The van der Waals surface area contributed by atoms with Crippen LogP contribution in [0.1, 0.15) is 29.8 Å². The number of ketones is 1. The molecule has 0 fully saturated rings. The normalized spacial score (nSPS) is 12.2. The highest BCUT2D eigenvalue weighted by molar-refractivity contribution is 6.02. The molecule has 0 aliphatic carbocycles. The van der Waals surface area contributed by atoms with E-state index in [2.05, 4.69) is 0 Å². The van der Waals surface area contributed by atoms with Crippen molar-refractivity contribution in [2.45, 2.75) is 26.3 Å². The Morgan fingerprint density at radius 2 is 2.19 bits per heavy atom. The lowest BCUT2D eigenvalue weighted by Gasteiger charge is -2.12. The van der Waals surface area contributed by atoms with Crippen LogP contribution in [0.3, 0.4) is 0 Å². The number of ether oxygens (including phenoxy) is 1. The number of rotatable bonds is 4. The second-order valence-electron chi connectivity index (χ2n) is 3.69. The highest BCUT2D eigenvalue weighted by Gasteiger charge is 2.17. The summed E-state index contributed by atoms with van der Waals surface area (Å²) in [5.41, 5.74) is 6.64. The number of methoxy groups -OCH3 is 1. The molecule has 0 bridgehead atoms. The summed E-state index contributed by atoms with van der Waals surface area (Å²) in [6, 6.07) is 2.47. The fourth-order valence-corrected chi connectivity index (χ4v) is 1.52. The van der Waals surface area contributed by atoms with Crippen LogP contribution in [0.25, 0.3) is 0 Å². The van der Waals surface area contributed by atoms with Crippen molar-refractivity contribution in [2.24, 2.45) is 5.73 Å². The van der Waals surface area contributed by atoms with Gasteiger partial charge in [-0.2, -0.15) is 0 Å². The lowest BCUT2D eigenvalue weighted by molar-refractivity contribution is 0.0965. The molecule has 0 spiro atoms. The Hall–Kier alpha value is -1.55. The van der Waals surface area contributed by atoms with Crippen LogP contribution in [0.2, 0.25) is 0 Å². The Bertz CT molecular complexity index is 399. The molecule has 4 nitrogen and oxygen atoms in total. The van der Waals surface area contributed by atoms with Crippen LogP contribution in [-0.4, -0.2) is 24.0 Å². The monoisotopic (exact) mass is 223 g/mol. The maximum Gasteiger partial charge on any atom is 0.182 e. The molecule has 0 radical (unpaired) electrons. The molecule has 88 valence electrons. The summed E-state index contributed by atoms with van der Waals surface area (Å²) in [7, 11) is 1.53. The van der Waals surface area contributed by atoms with E-state index in [9.17, 15) is 9.90 Å². The third-order valence-corrected chi connectivity index (χ3v) is 2.46. The smallest absolute Gasteiger partial charge is 0.182 e. The zero-order valence-corrected chi connectivity index (χ0v) is 9.78. The van der Waals surface area contributed by atoms with Gasteiger partial charge in [-0.3, -0.25) is 4.79 Å². The number of phenolic OH excluding ortho intramolecular Hbond substituents is 1. The van der Waals surface area contributed by atoms with Gasteiger partial charge in [-0.05, 0) is 25.0 Å². The topological polar surface area (TPSA) is 72.6 Å². The maximum absolute atomic E-state index is 11.7. The van der Waals surface area contributed by atoms with Gasteiger partial charge in [-0.1, -0.05) is 6.92 Å². The van der Waals surface area contributed by atoms with Gasteiger partial charge in [0.15, 0.2) is 5.78 Å². The van der Waals surface area contributed by atoms with Crippen molar-refractivity contribution in [1.82, 2.24) is 0 Å². The molecule has 16 heavy (non-hydrogen) atoms. The van der Waals surface area contributed by atoms with E-state index >= 15 is 0 Å². The van der Waals surface area contributed by atoms with Crippen LogP contribution in [0.4, 0.5) is 0 Å². The van der Waals surface area contributed by atoms with Gasteiger partial charge in [0.25, 0.3) is 0 Å². The van der Waals surface area contributed by atoms with E-state index in [0.29, 0.717) is 5.75 Å². The van der Waals surface area contributed by atoms with Gasteiger partial charge in [-0.15, -0.1) is 0 Å². The second-order valence-corrected chi connectivity index (χ2v) is 3.69. The molecule has 1 aromatic carbocycles. The van der Waals surface area contributed by atoms with E-state index in [1.807, 2.05) is 6.92 Å². The zero-order valence-electron chi connectivity index (χ0n) is 9.78. The van der Waals surface area contributed by atoms with Gasteiger partial charge < -0.3 is 15.6 Å². The number of hydrogen-bond acceptors (Lipinski definition) is 4. The number of Topliss-reactive ketones (excluding diaryl/α,β-unsaturated/α-hetero) is 1. The van der Waals surface area contributed by atoms with Crippen LogP contribution in [0.5, 0.6) is 11.5 Å². The average molecular weight is 223 g/mol. The Morgan fingerprint density at radius 1 is 1.56 bits per heavy atom. The van der Waals surface area contributed by atoms with Crippen LogP contribution < -0.4 is 10.5 Å². The van der Waals surface area contributed by atoms with Gasteiger partial charge in [-0.25, -0.2) is 0 Å². The molecule has 4 heteroatoms. The Morgan fingerprint density at radius 3 is 2.62 bits per heavy atom.